The Bertz CT molecular complexity index is 447. The highest BCUT2D eigenvalue weighted by atomic mass is 32.2. The average Bonchev–Trinajstić information content (AvgIpc) is 2.97. The van der Waals surface area contributed by atoms with Crippen molar-refractivity contribution >= 4 is 28.7 Å². The molecule has 0 saturated carbocycles. The summed E-state index contributed by atoms with van der Waals surface area (Å²) in [7, 11) is 0. The lowest BCUT2D eigenvalue weighted by Gasteiger charge is -2.20. The zero-order valence-electron chi connectivity index (χ0n) is 9.85. The molecule has 0 N–H and O–H groups in total. The topological polar surface area (TPSA) is 45.0 Å². The summed E-state index contributed by atoms with van der Waals surface area (Å²) in [5.41, 5.74) is 0. The Balaban J connectivity index is 1.85. The molecular weight excluding hydrogens is 234 g/mol. The number of likely N-dealkylation sites (tertiary alicyclic amines) is 1. The van der Waals surface area contributed by atoms with Crippen molar-refractivity contribution in [3.8, 4) is 0 Å². The van der Waals surface area contributed by atoms with Crippen molar-refractivity contribution in [2.75, 3.05) is 13.1 Å². The largest absolute Gasteiger partial charge is 0.341 e. The smallest absolute Gasteiger partial charge is 0.262 e. The highest BCUT2D eigenvalue weighted by Crippen LogP contribution is 2.36. The predicted octanol–water partition coefficient (Wildman–Crippen LogP) is 2.03. The molecule has 1 fully saturated rings. The molecule has 1 unspecified atom stereocenters. The molecule has 90 valence electrons. The number of fused-ring (bicyclic) bond motifs is 1. The Morgan fingerprint density at radius 1 is 1.41 bits per heavy atom. The van der Waals surface area contributed by atoms with Gasteiger partial charge in [-0.2, -0.15) is 4.99 Å². The zero-order chi connectivity index (χ0) is 11.8. The number of guanidine groups is 1. The van der Waals surface area contributed by atoms with Gasteiger partial charge in [0.15, 0.2) is 0 Å². The molecule has 1 saturated heterocycles. The quantitative estimate of drug-likeness (QED) is 0.714. The molecule has 0 bridgehead atoms. The van der Waals surface area contributed by atoms with Gasteiger partial charge >= 0.3 is 0 Å². The van der Waals surface area contributed by atoms with Crippen LogP contribution in [0.4, 0.5) is 0 Å². The van der Waals surface area contributed by atoms with Gasteiger partial charge in [0.05, 0.1) is 5.04 Å². The average molecular weight is 249 g/mol. The van der Waals surface area contributed by atoms with Gasteiger partial charge in [-0.15, -0.1) is 0 Å². The molecular formula is C12H15N3OS. The first kappa shape index (κ1) is 11.0. The van der Waals surface area contributed by atoms with Crippen LogP contribution in [0.5, 0.6) is 0 Å². The van der Waals surface area contributed by atoms with Crippen LogP contribution in [0.3, 0.4) is 0 Å². The number of nitrogens with zero attached hydrogens (tertiary/aromatic N) is 3. The summed E-state index contributed by atoms with van der Waals surface area (Å²) in [5, 5.41) is 0.920. The molecule has 0 aliphatic carbocycles. The maximum absolute atomic E-state index is 12.0. The van der Waals surface area contributed by atoms with Crippen LogP contribution in [0.1, 0.15) is 26.2 Å². The summed E-state index contributed by atoms with van der Waals surface area (Å²) in [5.74, 6) is 0.395. The molecule has 0 aromatic rings. The highest BCUT2D eigenvalue weighted by molar-refractivity contribution is 8.17. The maximum atomic E-state index is 12.0. The summed E-state index contributed by atoms with van der Waals surface area (Å²) in [6, 6.07) is 0. The SMILES string of the molecule is CCC1=CC2C(=O)N=C(N3CCCC3)N=C2S1. The molecule has 1 atom stereocenters. The lowest BCUT2D eigenvalue weighted by Crippen LogP contribution is -2.33. The first-order valence-corrected chi connectivity index (χ1v) is 6.94. The van der Waals surface area contributed by atoms with Crippen molar-refractivity contribution in [1.82, 2.24) is 4.90 Å². The minimum Gasteiger partial charge on any atom is -0.341 e. The summed E-state index contributed by atoms with van der Waals surface area (Å²) in [6.45, 7) is 4.06. The fraction of sp³-hybridized carbons (Fsp3) is 0.583. The summed E-state index contributed by atoms with van der Waals surface area (Å²) < 4.78 is 0. The van der Waals surface area contributed by atoms with E-state index in [2.05, 4.69) is 21.8 Å². The number of hydrogen-bond acceptors (Lipinski definition) is 4. The van der Waals surface area contributed by atoms with Gasteiger partial charge in [-0.05, 0) is 24.2 Å². The van der Waals surface area contributed by atoms with Gasteiger partial charge in [0.2, 0.25) is 5.96 Å². The van der Waals surface area contributed by atoms with Crippen LogP contribution < -0.4 is 0 Å². The number of thioether (sulfide) groups is 1. The first-order valence-electron chi connectivity index (χ1n) is 6.12. The van der Waals surface area contributed by atoms with Gasteiger partial charge in [-0.3, -0.25) is 4.79 Å². The van der Waals surface area contributed by atoms with Gasteiger partial charge < -0.3 is 4.90 Å². The Morgan fingerprint density at radius 3 is 2.88 bits per heavy atom. The monoisotopic (exact) mass is 249 g/mol. The number of rotatable bonds is 1. The van der Waals surface area contributed by atoms with E-state index < -0.39 is 0 Å². The Morgan fingerprint density at radius 2 is 2.18 bits per heavy atom. The third-order valence-corrected chi connectivity index (χ3v) is 4.52. The van der Waals surface area contributed by atoms with Crippen molar-refractivity contribution in [3.05, 3.63) is 11.0 Å². The van der Waals surface area contributed by atoms with Crippen molar-refractivity contribution in [1.29, 1.82) is 0 Å². The number of aliphatic imine (C=N–C) groups is 2. The second-order valence-corrected chi connectivity index (χ2v) is 5.61. The molecule has 1 amide bonds. The number of hydrogen-bond donors (Lipinski definition) is 0. The molecule has 4 nitrogen and oxygen atoms in total. The minimum atomic E-state index is -0.193. The van der Waals surface area contributed by atoms with E-state index in [-0.39, 0.29) is 11.8 Å². The molecule has 17 heavy (non-hydrogen) atoms. The van der Waals surface area contributed by atoms with E-state index in [4.69, 9.17) is 0 Å². The molecule has 3 aliphatic rings. The van der Waals surface area contributed by atoms with Crippen LogP contribution in [0, 0.1) is 5.92 Å². The second kappa shape index (κ2) is 4.29. The lowest BCUT2D eigenvalue weighted by molar-refractivity contribution is -0.118. The molecule has 0 spiro atoms. The van der Waals surface area contributed by atoms with Crippen molar-refractivity contribution in [2.45, 2.75) is 26.2 Å². The molecule has 0 radical (unpaired) electrons. The number of carbonyl (C=O) groups excluding carboxylic acids is 1. The molecule has 5 heteroatoms. The third kappa shape index (κ3) is 1.92. The van der Waals surface area contributed by atoms with Gasteiger partial charge in [-0.25, -0.2) is 4.99 Å². The van der Waals surface area contributed by atoms with E-state index in [1.165, 1.54) is 17.7 Å². The standard InChI is InChI=1S/C12H15N3OS/c1-2-8-7-9-10(16)13-12(14-11(9)17-8)15-5-3-4-6-15/h7,9H,2-6H2,1H3. The van der Waals surface area contributed by atoms with Gasteiger partial charge in [0, 0.05) is 13.1 Å². The van der Waals surface area contributed by atoms with E-state index >= 15 is 0 Å². The second-order valence-electron chi connectivity index (χ2n) is 4.46. The van der Waals surface area contributed by atoms with E-state index in [1.54, 1.807) is 11.8 Å². The van der Waals surface area contributed by atoms with E-state index in [1.807, 2.05) is 6.08 Å². The Kier molecular flexibility index (Phi) is 2.78. The lowest BCUT2D eigenvalue weighted by atomic mass is 10.1. The Labute approximate surface area is 105 Å². The fourth-order valence-electron chi connectivity index (χ4n) is 2.30. The van der Waals surface area contributed by atoms with Crippen LogP contribution in [-0.2, 0) is 4.79 Å². The molecule has 3 heterocycles. The maximum Gasteiger partial charge on any atom is 0.262 e. The predicted molar refractivity (Wildman–Crippen MR) is 70.1 cm³/mol. The summed E-state index contributed by atoms with van der Waals surface area (Å²) >= 11 is 1.64. The first-order chi connectivity index (χ1) is 8.28. The number of amides is 1. The molecule has 0 aromatic heterocycles. The third-order valence-electron chi connectivity index (χ3n) is 3.28. The highest BCUT2D eigenvalue weighted by Gasteiger charge is 2.34. The van der Waals surface area contributed by atoms with E-state index in [9.17, 15) is 4.79 Å². The molecule has 3 aliphatic heterocycles. The normalized spacial score (nSPS) is 27.8. The molecule has 3 rings (SSSR count). The minimum absolute atomic E-state index is 0.0483. The van der Waals surface area contributed by atoms with E-state index in [0.29, 0.717) is 5.96 Å². The summed E-state index contributed by atoms with van der Waals surface area (Å²) in [4.78, 5) is 24.0. The number of allylic oxidation sites excluding steroid dienone is 1. The fourth-order valence-corrected chi connectivity index (χ4v) is 3.34. The van der Waals surface area contributed by atoms with Gasteiger partial charge in [0.25, 0.3) is 5.91 Å². The zero-order valence-corrected chi connectivity index (χ0v) is 10.7. The van der Waals surface area contributed by atoms with Crippen LogP contribution in [0.2, 0.25) is 0 Å². The van der Waals surface area contributed by atoms with Crippen LogP contribution in [0.25, 0.3) is 0 Å². The van der Waals surface area contributed by atoms with Crippen LogP contribution in [0.15, 0.2) is 21.0 Å². The van der Waals surface area contributed by atoms with Crippen LogP contribution >= 0.6 is 11.8 Å². The summed E-state index contributed by atoms with van der Waals surface area (Å²) in [6.07, 6.45) is 5.32. The van der Waals surface area contributed by atoms with Crippen molar-refractivity contribution in [3.63, 3.8) is 0 Å². The van der Waals surface area contributed by atoms with Crippen LogP contribution in [-0.4, -0.2) is 34.9 Å². The Hall–Kier alpha value is -1.10. The van der Waals surface area contributed by atoms with Crippen molar-refractivity contribution in [2.24, 2.45) is 15.9 Å². The van der Waals surface area contributed by atoms with Gasteiger partial charge in [-0.1, -0.05) is 24.8 Å². The van der Waals surface area contributed by atoms with Gasteiger partial charge in [0.1, 0.15) is 5.92 Å². The van der Waals surface area contributed by atoms with E-state index in [0.717, 1.165) is 24.6 Å². The molecule has 0 aromatic carbocycles. The number of carbonyl (C=O) groups is 1. The van der Waals surface area contributed by atoms with Crippen molar-refractivity contribution < 1.29 is 4.79 Å².